The lowest BCUT2D eigenvalue weighted by Crippen LogP contribution is -2.31. The minimum Gasteiger partial charge on any atom is -0.396 e. The lowest BCUT2D eigenvalue weighted by molar-refractivity contribution is -0.114. The number of aryl methyl sites for hydroxylation is 1. The second-order valence-electron chi connectivity index (χ2n) is 3.98. The molecule has 2 rings (SSSR count). The summed E-state index contributed by atoms with van der Waals surface area (Å²) in [5, 5.41) is 8.81. The van der Waals surface area contributed by atoms with Gasteiger partial charge in [0.15, 0.2) is 0 Å². The van der Waals surface area contributed by atoms with Gasteiger partial charge in [-0.05, 0) is 31.0 Å². The van der Waals surface area contributed by atoms with Crippen LogP contribution < -0.4 is 4.90 Å². The highest BCUT2D eigenvalue weighted by Crippen LogP contribution is 2.34. The number of carbonyl (C=O) groups is 2. The van der Waals surface area contributed by atoms with Gasteiger partial charge in [0.2, 0.25) is 0 Å². The summed E-state index contributed by atoms with van der Waals surface area (Å²) < 4.78 is 0.791. The molecule has 1 aliphatic heterocycles. The van der Waals surface area contributed by atoms with Crippen LogP contribution in [-0.2, 0) is 4.79 Å². The predicted molar refractivity (Wildman–Crippen MR) is 67.3 cm³/mol. The van der Waals surface area contributed by atoms with Crippen LogP contribution in [0.5, 0.6) is 0 Å². The fourth-order valence-electron chi connectivity index (χ4n) is 2.05. The third kappa shape index (κ3) is 2.00. The van der Waals surface area contributed by atoms with Crippen LogP contribution in [0.15, 0.2) is 16.6 Å². The van der Waals surface area contributed by atoms with E-state index in [2.05, 4.69) is 15.9 Å². The zero-order chi connectivity index (χ0) is 12.6. The summed E-state index contributed by atoms with van der Waals surface area (Å²) in [4.78, 5) is 25.1. The first-order valence-corrected chi connectivity index (χ1v) is 6.12. The number of halogens is 1. The second-order valence-corrected chi connectivity index (χ2v) is 4.90. The van der Waals surface area contributed by atoms with E-state index in [1.807, 2.05) is 13.0 Å². The number of hydrogen-bond donors (Lipinski definition) is 1. The van der Waals surface area contributed by atoms with Crippen molar-refractivity contribution in [2.75, 3.05) is 18.1 Å². The Hall–Kier alpha value is -1.20. The molecule has 0 radical (unpaired) electrons. The normalized spacial score (nSPS) is 14.4. The summed E-state index contributed by atoms with van der Waals surface area (Å²) in [7, 11) is 0. The van der Waals surface area contributed by atoms with Crippen LogP contribution in [0.4, 0.5) is 5.69 Å². The molecule has 17 heavy (non-hydrogen) atoms. The van der Waals surface area contributed by atoms with E-state index < -0.39 is 11.7 Å². The minimum absolute atomic E-state index is 0.00286. The van der Waals surface area contributed by atoms with E-state index in [0.717, 1.165) is 10.0 Å². The van der Waals surface area contributed by atoms with Gasteiger partial charge < -0.3 is 10.0 Å². The number of aliphatic hydroxyl groups is 1. The molecule has 1 N–H and O–H groups in total. The van der Waals surface area contributed by atoms with Crippen LogP contribution in [0, 0.1) is 6.92 Å². The van der Waals surface area contributed by atoms with Crippen molar-refractivity contribution in [3.05, 3.63) is 27.7 Å². The van der Waals surface area contributed by atoms with Gasteiger partial charge in [-0.2, -0.15) is 0 Å². The first-order valence-electron chi connectivity index (χ1n) is 5.33. The highest BCUT2D eigenvalue weighted by Gasteiger charge is 2.36. The Balaban J connectivity index is 2.48. The Morgan fingerprint density at radius 1 is 1.35 bits per heavy atom. The van der Waals surface area contributed by atoms with Crippen LogP contribution in [0.3, 0.4) is 0 Å². The zero-order valence-electron chi connectivity index (χ0n) is 9.36. The van der Waals surface area contributed by atoms with Gasteiger partial charge in [-0.15, -0.1) is 0 Å². The third-order valence-corrected chi connectivity index (χ3v) is 3.22. The number of rotatable bonds is 3. The van der Waals surface area contributed by atoms with E-state index in [9.17, 15) is 9.59 Å². The fourth-order valence-corrected chi connectivity index (χ4v) is 2.62. The molecule has 0 saturated carbocycles. The molecule has 0 unspecified atom stereocenters. The number of fused-ring (bicyclic) bond motifs is 1. The maximum atomic E-state index is 11.8. The summed E-state index contributed by atoms with van der Waals surface area (Å²) >= 11 is 3.31. The molecule has 1 amide bonds. The first-order chi connectivity index (χ1) is 8.06. The average molecular weight is 298 g/mol. The number of benzene rings is 1. The summed E-state index contributed by atoms with van der Waals surface area (Å²) in [6.07, 6.45) is 0.466. The molecule has 0 aromatic heterocycles. The molecular formula is C12H12BrNO3. The highest BCUT2D eigenvalue weighted by atomic mass is 79.9. The lowest BCUT2D eigenvalue weighted by Gasteiger charge is -2.17. The van der Waals surface area contributed by atoms with E-state index in [4.69, 9.17) is 5.11 Å². The Morgan fingerprint density at radius 3 is 2.71 bits per heavy atom. The summed E-state index contributed by atoms with van der Waals surface area (Å²) in [6, 6.07) is 3.54. The average Bonchev–Trinajstić information content (AvgIpc) is 2.51. The number of carbonyl (C=O) groups excluding carboxylic acids is 2. The van der Waals surface area contributed by atoms with Gasteiger partial charge in [-0.3, -0.25) is 9.59 Å². The monoisotopic (exact) mass is 297 g/mol. The van der Waals surface area contributed by atoms with Crippen molar-refractivity contribution in [2.24, 2.45) is 0 Å². The molecule has 1 aromatic rings. The summed E-state index contributed by atoms with van der Waals surface area (Å²) in [6.45, 7) is 2.24. The van der Waals surface area contributed by atoms with Gasteiger partial charge in [0.05, 0.1) is 11.3 Å². The quantitative estimate of drug-likeness (QED) is 0.864. The van der Waals surface area contributed by atoms with Gasteiger partial charge in [0, 0.05) is 17.6 Å². The topological polar surface area (TPSA) is 57.6 Å². The van der Waals surface area contributed by atoms with E-state index >= 15 is 0 Å². The number of aliphatic hydroxyl groups excluding tert-OH is 1. The number of amides is 1. The number of hydrogen-bond acceptors (Lipinski definition) is 3. The minimum atomic E-state index is -0.505. The largest absolute Gasteiger partial charge is 0.396 e. The molecule has 0 aliphatic carbocycles. The molecule has 1 heterocycles. The fraction of sp³-hybridized carbons (Fsp3) is 0.333. The van der Waals surface area contributed by atoms with Crippen molar-refractivity contribution in [1.82, 2.24) is 0 Å². The van der Waals surface area contributed by atoms with E-state index in [0.29, 0.717) is 24.2 Å². The van der Waals surface area contributed by atoms with Crippen molar-refractivity contribution >= 4 is 33.3 Å². The smallest absolute Gasteiger partial charge is 0.299 e. The molecule has 0 fully saturated rings. The predicted octanol–water partition coefficient (Wildman–Crippen LogP) is 1.67. The van der Waals surface area contributed by atoms with Crippen molar-refractivity contribution in [1.29, 1.82) is 0 Å². The standard InChI is InChI=1S/C12H12BrNO3/c1-7-5-8(13)6-9-10(7)14(3-2-4-15)12(17)11(9)16/h5-6,15H,2-4H2,1H3. The van der Waals surface area contributed by atoms with Crippen LogP contribution in [-0.4, -0.2) is 29.9 Å². The van der Waals surface area contributed by atoms with Crippen LogP contribution in [0.2, 0.25) is 0 Å². The third-order valence-electron chi connectivity index (χ3n) is 2.76. The van der Waals surface area contributed by atoms with Gasteiger partial charge in [-0.25, -0.2) is 0 Å². The van der Waals surface area contributed by atoms with Crippen molar-refractivity contribution in [2.45, 2.75) is 13.3 Å². The second kappa shape index (κ2) is 4.58. The van der Waals surface area contributed by atoms with Crippen LogP contribution in [0.1, 0.15) is 22.3 Å². The van der Waals surface area contributed by atoms with E-state index in [1.165, 1.54) is 4.90 Å². The van der Waals surface area contributed by atoms with Gasteiger partial charge >= 0.3 is 0 Å². The van der Waals surface area contributed by atoms with E-state index in [-0.39, 0.29) is 6.61 Å². The Kier molecular flexibility index (Phi) is 3.31. The van der Waals surface area contributed by atoms with Crippen LogP contribution >= 0.6 is 15.9 Å². The van der Waals surface area contributed by atoms with Crippen LogP contribution in [0.25, 0.3) is 0 Å². The van der Waals surface area contributed by atoms with E-state index in [1.54, 1.807) is 6.07 Å². The summed E-state index contributed by atoms with van der Waals surface area (Å²) in [5.41, 5.74) is 2.00. The van der Waals surface area contributed by atoms with Gasteiger partial charge in [-0.1, -0.05) is 15.9 Å². The first kappa shape index (κ1) is 12.3. The van der Waals surface area contributed by atoms with Crippen molar-refractivity contribution in [3.8, 4) is 0 Å². The molecule has 90 valence electrons. The summed E-state index contributed by atoms with van der Waals surface area (Å²) in [5.74, 6) is -0.975. The molecule has 0 atom stereocenters. The molecule has 0 spiro atoms. The Labute approximate surface area is 107 Å². The maximum absolute atomic E-state index is 11.8. The van der Waals surface area contributed by atoms with Gasteiger partial charge in [0.1, 0.15) is 0 Å². The number of anilines is 1. The lowest BCUT2D eigenvalue weighted by atomic mass is 10.1. The number of Topliss-reactive ketones (excluding diaryl/α,β-unsaturated/α-hetero) is 1. The zero-order valence-corrected chi connectivity index (χ0v) is 11.0. The maximum Gasteiger partial charge on any atom is 0.299 e. The highest BCUT2D eigenvalue weighted by molar-refractivity contribution is 9.10. The Morgan fingerprint density at radius 2 is 2.06 bits per heavy atom. The molecular weight excluding hydrogens is 286 g/mol. The molecule has 1 aliphatic rings. The van der Waals surface area contributed by atoms with Crippen molar-refractivity contribution in [3.63, 3.8) is 0 Å². The number of nitrogens with zero attached hydrogens (tertiary/aromatic N) is 1. The number of ketones is 1. The van der Waals surface area contributed by atoms with Gasteiger partial charge in [0.25, 0.3) is 11.7 Å². The SMILES string of the molecule is Cc1cc(Br)cc2c1N(CCCO)C(=O)C2=O. The molecule has 1 aromatic carbocycles. The molecule has 5 heteroatoms. The molecule has 0 saturated heterocycles. The Bertz CT molecular complexity index is 499. The molecule has 4 nitrogen and oxygen atoms in total. The molecule has 0 bridgehead atoms. The van der Waals surface area contributed by atoms with Crippen molar-refractivity contribution < 1.29 is 14.7 Å².